The SMILES string of the molecule is CC(NC(=O)N1CCCC(Cn2ccnn2)C1)c1cccc(F)c1F. The van der Waals surface area contributed by atoms with Crippen LogP contribution < -0.4 is 5.32 Å². The van der Waals surface area contributed by atoms with Gasteiger partial charge in [-0.3, -0.25) is 4.68 Å². The topological polar surface area (TPSA) is 63.1 Å². The first-order chi connectivity index (χ1) is 12.0. The van der Waals surface area contributed by atoms with Gasteiger partial charge in [0.05, 0.1) is 12.2 Å². The summed E-state index contributed by atoms with van der Waals surface area (Å²) in [6, 6.07) is 3.10. The number of amides is 2. The van der Waals surface area contributed by atoms with Crippen molar-refractivity contribution in [1.82, 2.24) is 25.2 Å². The molecule has 0 spiro atoms. The van der Waals surface area contributed by atoms with Crippen molar-refractivity contribution in [3.05, 3.63) is 47.8 Å². The van der Waals surface area contributed by atoms with Crippen LogP contribution in [-0.2, 0) is 6.54 Å². The summed E-state index contributed by atoms with van der Waals surface area (Å²) in [5.41, 5.74) is 0.143. The Morgan fingerprint density at radius 3 is 3.04 bits per heavy atom. The van der Waals surface area contributed by atoms with Crippen molar-refractivity contribution < 1.29 is 13.6 Å². The molecule has 134 valence electrons. The van der Waals surface area contributed by atoms with Gasteiger partial charge in [-0.05, 0) is 31.7 Å². The molecular weight excluding hydrogens is 328 g/mol. The lowest BCUT2D eigenvalue weighted by molar-refractivity contribution is 0.155. The monoisotopic (exact) mass is 349 g/mol. The van der Waals surface area contributed by atoms with Gasteiger partial charge >= 0.3 is 6.03 Å². The van der Waals surface area contributed by atoms with Crippen molar-refractivity contribution in [2.45, 2.75) is 32.4 Å². The van der Waals surface area contributed by atoms with E-state index in [-0.39, 0.29) is 11.6 Å². The molecule has 1 aliphatic heterocycles. The van der Waals surface area contributed by atoms with Gasteiger partial charge in [0.2, 0.25) is 0 Å². The number of nitrogens with one attached hydrogen (secondary N) is 1. The van der Waals surface area contributed by atoms with Gasteiger partial charge in [0.15, 0.2) is 11.6 Å². The molecule has 0 bridgehead atoms. The van der Waals surface area contributed by atoms with Crippen LogP contribution in [0.4, 0.5) is 13.6 Å². The van der Waals surface area contributed by atoms with Gasteiger partial charge < -0.3 is 10.2 Å². The number of nitrogens with zero attached hydrogens (tertiary/aromatic N) is 4. The zero-order valence-corrected chi connectivity index (χ0v) is 14.0. The highest BCUT2D eigenvalue weighted by atomic mass is 19.2. The van der Waals surface area contributed by atoms with E-state index in [1.807, 2.05) is 0 Å². The number of rotatable bonds is 4. The number of aromatic nitrogens is 3. The van der Waals surface area contributed by atoms with Crippen molar-refractivity contribution in [2.24, 2.45) is 5.92 Å². The molecule has 8 heteroatoms. The third-order valence-corrected chi connectivity index (χ3v) is 4.51. The molecule has 25 heavy (non-hydrogen) atoms. The second-order valence-corrected chi connectivity index (χ2v) is 6.39. The van der Waals surface area contributed by atoms with Crippen LogP contribution in [0.15, 0.2) is 30.6 Å². The van der Waals surface area contributed by atoms with E-state index < -0.39 is 17.7 Å². The Balaban J connectivity index is 1.59. The van der Waals surface area contributed by atoms with Crippen LogP contribution in [-0.4, -0.2) is 39.0 Å². The van der Waals surface area contributed by atoms with E-state index in [9.17, 15) is 13.6 Å². The molecular formula is C17H21F2N5O. The first-order valence-corrected chi connectivity index (χ1v) is 8.38. The highest BCUT2D eigenvalue weighted by Crippen LogP contribution is 2.21. The summed E-state index contributed by atoms with van der Waals surface area (Å²) >= 11 is 0. The second kappa shape index (κ2) is 7.58. The molecule has 2 heterocycles. The van der Waals surface area contributed by atoms with Gasteiger partial charge in [-0.15, -0.1) is 5.10 Å². The number of carbonyl (C=O) groups excluding carboxylic acids is 1. The summed E-state index contributed by atoms with van der Waals surface area (Å²) in [4.78, 5) is 14.2. The second-order valence-electron chi connectivity index (χ2n) is 6.39. The normalized spacial score (nSPS) is 18.8. The number of urea groups is 1. The van der Waals surface area contributed by atoms with E-state index in [0.717, 1.165) is 18.9 Å². The van der Waals surface area contributed by atoms with E-state index in [1.165, 1.54) is 12.1 Å². The quantitative estimate of drug-likeness (QED) is 0.923. The lowest BCUT2D eigenvalue weighted by Gasteiger charge is -2.33. The highest BCUT2D eigenvalue weighted by Gasteiger charge is 2.26. The first-order valence-electron chi connectivity index (χ1n) is 8.38. The smallest absolute Gasteiger partial charge is 0.317 e. The minimum Gasteiger partial charge on any atom is -0.331 e. The summed E-state index contributed by atoms with van der Waals surface area (Å²) in [7, 11) is 0. The van der Waals surface area contributed by atoms with Gasteiger partial charge in [-0.1, -0.05) is 17.3 Å². The number of carbonyl (C=O) groups is 1. The molecule has 3 rings (SSSR count). The van der Waals surface area contributed by atoms with Crippen molar-refractivity contribution in [1.29, 1.82) is 0 Å². The maximum atomic E-state index is 13.9. The maximum Gasteiger partial charge on any atom is 0.317 e. The van der Waals surface area contributed by atoms with Crippen LogP contribution in [0.3, 0.4) is 0 Å². The molecule has 1 aromatic heterocycles. The van der Waals surface area contributed by atoms with Crippen LogP contribution >= 0.6 is 0 Å². The van der Waals surface area contributed by atoms with Gasteiger partial charge in [0, 0.05) is 31.4 Å². The minimum absolute atomic E-state index is 0.143. The molecule has 0 radical (unpaired) electrons. The Labute approximate surface area is 144 Å². The lowest BCUT2D eigenvalue weighted by Crippen LogP contribution is -2.47. The van der Waals surface area contributed by atoms with Crippen LogP contribution in [0.2, 0.25) is 0 Å². The minimum atomic E-state index is -0.919. The first kappa shape index (κ1) is 17.3. The van der Waals surface area contributed by atoms with E-state index in [4.69, 9.17) is 0 Å². The Hall–Kier alpha value is -2.51. The van der Waals surface area contributed by atoms with Crippen molar-refractivity contribution in [3.8, 4) is 0 Å². The van der Waals surface area contributed by atoms with Gasteiger partial charge in [0.1, 0.15) is 0 Å². The predicted molar refractivity (Wildman–Crippen MR) is 87.6 cm³/mol. The predicted octanol–water partition coefficient (Wildman–Crippen LogP) is 2.74. The summed E-state index contributed by atoms with van der Waals surface area (Å²) in [6.07, 6.45) is 5.34. The van der Waals surface area contributed by atoms with Crippen LogP contribution in [0.1, 0.15) is 31.4 Å². The third-order valence-electron chi connectivity index (χ3n) is 4.51. The zero-order chi connectivity index (χ0) is 17.8. The molecule has 2 aromatic rings. The summed E-state index contributed by atoms with van der Waals surface area (Å²) in [5, 5.41) is 10.5. The van der Waals surface area contributed by atoms with E-state index in [2.05, 4.69) is 15.6 Å². The van der Waals surface area contributed by atoms with Gasteiger partial charge in [0.25, 0.3) is 0 Å². The molecule has 1 fully saturated rings. The molecule has 2 amide bonds. The zero-order valence-electron chi connectivity index (χ0n) is 14.0. The number of hydrogen-bond acceptors (Lipinski definition) is 3. The fourth-order valence-corrected chi connectivity index (χ4v) is 3.20. The summed E-state index contributed by atoms with van der Waals surface area (Å²) < 4.78 is 29.0. The average Bonchev–Trinajstić information content (AvgIpc) is 3.10. The van der Waals surface area contributed by atoms with Crippen LogP contribution in [0.25, 0.3) is 0 Å². The number of hydrogen-bond donors (Lipinski definition) is 1. The molecule has 0 saturated carbocycles. The maximum absolute atomic E-state index is 13.9. The highest BCUT2D eigenvalue weighted by molar-refractivity contribution is 5.74. The molecule has 0 aliphatic carbocycles. The lowest BCUT2D eigenvalue weighted by atomic mass is 9.98. The van der Waals surface area contributed by atoms with E-state index in [1.54, 1.807) is 28.9 Å². The van der Waals surface area contributed by atoms with Crippen molar-refractivity contribution >= 4 is 6.03 Å². The Kier molecular flexibility index (Phi) is 5.25. The van der Waals surface area contributed by atoms with Gasteiger partial charge in [-0.25, -0.2) is 13.6 Å². The number of benzene rings is 1. The van der Waals surface area contributed by atoms with Crippen LogP contribution in [0.5, 0.6) is 0 Å². The molecule has 2 atom stereocenters. The number of halogens is 2. The van der Waals surface area contributed by atoms with Crippen LogP contribution in [0, 0.1) is 17.6 Å². The molecule has 1 aromatic carbocycles. The van der Waals surface area contributed by atoms with Gasteiger partial charge in [-0.2, -0.15) is 0 Å². The standard InChI is InChI=1S/C17H21F2N5O/c1-12(14-5-2-6-15(18)16(14)19)21-17(25)23-8-3-4-13(10-23)11-24-9-7-20-22-24/h2,5-7,9,12-13H,3-4,8,10-11H2,1H3,(H,21,25). The Morgan fingerprint density at radius 1 is 1.44 bits per heavy atom. The Morgan fingerprint density at radius 2 is 2.28 bits per heavy atom. The third kappa shape index (κ3) is 4.12. The van der Waals surface area contributed by atoms with E-state index in [0.29, 0.717) is 25.6 Å². The molecule has 1 saturated heterocycles. The van der Waals surface area contributed by atoms with Crippen molar-refractivity contribution in [3.63, 3.8) is 0 Å². The largest absolute Gasteiger partial charge is 0.331 e. The fourth-order valence-electron chi connectivity index (χ4n) is 3.20. The van der Waals surface area contributed by atoms with Crippen molar-refractivity contribution in [2.75, 3.05) is 13.1 Å². The summed E-state index contributed by atoms with van der Waals surface area (Å²) in [5.74, 6) is -1.54. The molecule has 2 unspecified atom stereocenters. The summed E-state index contributed by atoms with van der Waals surface area (Å²) in [6.45, 7) is 3.60. The molecule has 6 nitrogen and oxygen atoms in total. The average molecular weight is 349 g/mol. The number of likely N-dealkylation sites (tertiary alicyclic amines) is 1. The number of piperidine rings is 1. The fraction of sp³-hybridized carbons (Fsp3) is 0.471. The van der Waals surface area contributed by atoms with E-state index >= 15 is 0 Å². The molecule has 1 aliphatic rings. The Bertz CT molecular complexity index is 722. The molecule has 1 N–H and O–H groups in total.